The highest BCUT2D eigenvalue weighted by Gasteiger charge is 2.31. The zero-order valence-corrected chi connectivity index (χ0v) is 19.1. The number of aryl methyl sites for hydroxylation is 1. The Morgan fingerprint density at radius 1 is 1.09 bits per heavy atom. The number of allylic oxidation sites excluding steroid dienone is 1. The fourth-order valence-electron chi connectivity index (χ4n) is 4.16. The number of carbonyl (C=O) groups excluding carboxylic acids is 2. The van der Waals surface area contributed by atoms with E-state index in [0.717, 1.165) is 28.8 Å². The first-order valence-corrected chi connectivity index (χ1v) is 11.0. The van der Waals surface area contributed by atoms with Crippen LogP contribution in [-0.4, -0.2) is 23.4 Å². The molecule has 0 fully saturated rings. The lowest BCUT2D eigenvalue weighted by molar-refractivity contribution is 0.0733. The SMILES string of the molecule is CCn1cc(C=C2Oc3c(ccc(OC(=O)c4ccccc4)c3C)C2=O)c2cc(OC)ccc21. The Bertz CT molecular complexity index is 1460. The second-order valence-corrected chi connectivity index (χ2v) is 8.01. The number of ether oxygens (including phenoxy) is 3. The topological polar surface area (TPSA) is 66.8 Å². The number of esters is 1. The normalized spacial score (nSPS) is 13.7. The van der Waals surface area contributed by atoms with Crippen LogP contribution in [0.2, 0.25) is 0 Å². The second-order valence-electron chi connectivity index (χ2n) is 8.01. The van der Waals surface area contributed by atoms with E-state index in [1.807, 2.05) is 30.5 Å². The molecule has 0 spiro atoms. The fourth-order valence-corrected chi connectivity index (χ4v) is 4.16. The van der Waals surface area contributed by atoms with Crippen LogP contribution in [0.1, 0.15) is 38.8 Å². The molecule has 34 heavy (non-hydrogen) atoms. The van der Waals surface area contributed by atoms with Crippen LogP contribution in [-0.2, 0) is 6.54 Å². The van der Waals surface area contributed by atoms with Gasteiger partial charge < -0.3 is 18.8 Å². The van der Waals surface area contributed by atoms with E-state index < -0.39 is 5.97 Å². The van der Waals surface area contributed by atoms with Crippen molar-refractivity contribution < 1.29 is 23.8 Å². The van der Waals surface area contributed by atoms with Gasteiger partial charge in [0.25, 0.3) is 0 Å². The number of nitrogens with zero attached hydrogens (tertiary/aromatic N) is 1. The molecule has 0 aliphatic carbocycles. The van der Waals surface area contributed by atoms with Crippen LogP contribution in [0.5, 0.6) is 17.2 Å². The molecule has 0 bridgehead atoms. The molecule has 170 valence electrons. The maximum Gasteiger partial charge on any atom is 0.343 e. The molecule has 6 nitrogen and oxygen atoms in total. The molecular weight excluding hydrogens is 430 g/mol. The molecule has 4 aromatic rings. The molecule has 5 rings (SSSR count). The Labute approximate surface area is 197 Å². The van der Waals surface area contributed by atoms with Crippen LogP contribution in [0.4, 0.5) is 0 Å². The molecule has 1 aliphatic rings. The standard InChI is InChI=1S/C28H23NO5/c1-4-29-16-19(22-15-20(32-3)10-12-23(22)29)14-25-26(30)21-11-13-24(17(2)27(21)33-25)34-28(31)18-8-6-5-7-9-18/h5-16H,4H2,1-3H3. The monoisotopic (exact) mass is 453 g/mol. The Hall–Kier alpha value is -4.32. The van der Waals surface area contributed by atoms with Crippen molar-refractivity contribution in [1.29, 1.82) is 0 Å². The predicted molar refractivity (Wildman–Crippen MR) is 130 cm³/mol. The minimum atomic E-state index is -0.468. The van der Waals surface area contributed by atoms with Crippen molar-refractivity contribution in [3.8, 4) is 17.2 Å². The van der Waals surface area contributed by atoms with Gasteiger partial charge in [-0.2, -0.15) is 0 Å². The largest absolute Gasteiger partial charge is 0.497 e. The number of carbonyl (C=O) groups is 2. The van der Waals surface area contributed by atoms with Gasteiger partial charge in [0.05, 0.1) is 18.2 Å². The third kappa shape index (κ3) is 3.63. The van der Waals surface area contributed by atoms with Crippen molar-refractivity contribution in [3.63, 3.8) is 0 Å². The first-order chi connectivity index (χ1) is 16.5. The van der Waals surface area contributed by atoms with E-state index in [-0.39, 0.29) is 11.5 Å². The maximum atomic E-state index is 13.1. The quantitative estimate of drug-likeness (QED) is 0.217. The van der Waals surface area contributed by atoms with Gasteiger partial charge in [0.2, 0.25) is 5.78 Å². The van der Waals surface area contributed by atoms with Gasteiger partial charge in [-0.05, 0) is 62.4 Å². The molecule has 2 heterocycles. The molecule has 0 atom stereocenters. The van der Waals surface area contributed by atoms with Gasteiger partial charge in [0, 0.05) is 34.8 Å². The Kier molecular flexibility index (Phi) is 5.42. The third-order valence-electron chi connectivity index (χ3n) is 6.00. The summed E-state index contributed by atoms with van der Waals surface area (Å²) in [7, 11) is 1.63. The molecule has 0 N–H and O–H groups in total. The second kappa shape index (κ2) is 8.56. The summed E-state index contributed by atoms with van der Waals surface area (Å²) < 4.78 is 19.1. The van der Waals surface area contributed by atoms with Crippen LogP contribution in [0, 0.1) is 6.92 Å². The summed E-state index contributed by atoms with van der Waals surface area (Å²) in [5, 5.41) is 0.968. The van der Waals surface area contributed by atoms with E-state index in [9.17, 15) is 9.59 Å². The smallest absolute Gasteiger partial charge is 0.343 e. The van der Waals surface area contributed by atoms with Crippen molar-refractivity contribution in [2.45, 2.75) is 20.4 Å². The summed E-state index contributed by atoms with van der Waals surface area (Å²) in [6, 6.07) is 17.9. The number of ketones is 1. The molecule has 3 aromatic carbocycles. The van der Waals surface area contributed by atoms with Gasteiger partial charge in [-0.3, -0.25) is 4.79 Å². The number of benzene rings is 3. The minimum absolute atomic E-state index is 0.209. The van der Waals surface area contributed by atoms with Crippen LogP contribution < -0.4 is 14.2 Å². The van der Waals surface area contributed by atoms with E-state index in [1.54, 1.807) is 56.5 Å². The minimum Gasteiger partial charge on any atom is -0.497 e. The van der Waals surface area contributed by atoms with Gasteiger partial charge in [0.15, 0.2) is 5.76 Å². The zero-order chi connectivity index (χ0) is 23.8. The van der Waals surface area contributed by atoms with Gasteiger partial charge in [-0.25, -0.2) is 4.79 Å². The molecule has 0 radical (unpaired) electrons. The van der Waals surface area contributed by atoms with Crippen LogP contribution in [0.3, 0.4) is 0 Å². The highest BCUT2D eigenvalue weighted by Crippen LogP contribution is 2.40. The predicted octanol–water partition coefficient (Wildman–Crippen LogP) is 5.81. The number of aromatic nitrogens is 1. The molecule has 1 aliphatic heterocycles. The number of Topliss-reactive ketones (excluding diaryl/α,β-unsaturated/α-hetero) is 1. The van der Waals surface area contributed by atoms with E-state index in [2.05, 4.69) is 11.5 Å². The molecule has 1 aromatic heterocycles. The first kappa shape index (κ1) is 21.5. The highest BCUT2D eigenvalue weighted by molar-refractivity contribution is 6.15. The lowest BCUT2D eigenvalue weighted by Gasteiger charge is -2.10. The summed E-state index contributed by atoms with van der Waals surface area (Å²) in [6.45, 7) is 4.63. The number of rotatable bonds is 5. The lowest BCUT2D eigenvalue weighted by Crippen LogP contribution is -2.09. The average Bonchev–Trinajstić information content (AvgIpc) is 3.38. The Balaban J connectivity index is 1.49. The summed E-state index contributed by atoms with van der Waals surface area (Å²) in [5.41, 5.74) is 3.39. The van der Waals surface area contributed by atoms with Crippen molar-refractivity contribution in [2.24, 2.45) is 0 Å². The highest BCUT2D eigenvalue weighted by atomic mass is 16.5. The molecular formula is C28H23NO5. The number of hydrogen-bond acceptors (Lipinski definition) is 5. The zero-order valence-electron chi connectivity index (χ0n) is 19.1. The molecule has 6 heteroatoms. The first-order valence-electron chi connectivity index (χ1n) is 11.0. The lowest BCUT2D eigenvalue weighted by atomic mass is 10.1. The molecule has 0 saturated heterocycles. The number of hydrogen-bond donors (Lipinski definition) is 0. The van der Waals surface area contributed by atoms with Gasteiger partial charge >= 0.3 is 5.97 Å². The van der Waals surface area contributed by atoms with E-state index in [0.29, 0.717) is 28.2 Å². The molecule has 0 unspecified atom stereocenters. The van der Waals surface area contributed by atoms with E-state index in [1.165, 1.54) is 0 Å². The fraction of sp³-hybridized carbons (Fsp3) is 0.143. The molecule has 0 saturated carbocycles. The van der Waals surface area contributed by atoms with Crippen molar-refractivity contribution in [3.05, 3.63) is 94.9 Å². The average molecular weight is 453 g/mol. The number of methoxy groups -OCH3 is 1. The van der Waals surface area contributed by atoms with Gasteiger partial charge in [-0.1, -0.05) is 18.2 Å². The third-order valence-corrected chi connectivity index (χ3v) is 6.00. The van der Waals surface area contributed by atoms with Crippen molar-refractivity contribution in [2.75, 3.05) is 7.11 Å². The van der Waals surface area contributed by atoms with Crippen LogP contribution in [0.25, 0.3) is 17.0 Å². The van der Waals surface area contributed by atoms with Gasteiger partial charge in [0.1, 0.15) is 17.2 Å². The number of fused-ring (bicyclic) bond motifs is 2. The molecule has 0 amide bonds. The summed E-state index contributed by atoms with van der Waals surface area (Å²) in [6.07, 6.45) is 3.75. The maximum absolute atomic E-state index is 13.1. The Morgan fingerprint density at radius 3 is 2.62 bits per heavy atom. The van der Waals surface area contributed by atoms with Crippen LogP contribution in [0.15, 0.2) is 72.6 Å². The van der Waals surface area contributed by atoms with Crippen LogP contribution >= 0.6 is 0 Å². The summed E-state index contributed by atoms with van der Waals surface area (Å²) in [4.78, 5) is 25.6. The van der Waals surface area contributed by atoms with Crippen molar-refractivity contribution >= 4 is 28.7 Å². The Morgan fingerprint density at radius 2 is 1.88 bits per heavy atom. The van der Waals surface area contributed by atoms with E-state index >= 15 is 0 Å². The summed E-state index contributed by atoms with van der Waals surface area (Å²) in [5.74, 6) is 1.05. The van der Waals surface area contributed by atoms with E-state index in [4.69, 9.17) is 14.2 Å². The summed E-state index contributed by atoms with van der Waals surface area (Å²) >= 11 is 0. The van der Waals surface area contributed by atoms with Gasteiger partial charge in [-0.15, -0.1) is 0 Å². The van der Waals surface area contributed by atoms with Crippen molar-refractivity contribution in [1.82, 2.24) is 4.57 Å².